The van der Waals surface area contributed by atoms with Crippen LogP contribution in [0, 0.1) is 0 Å². The number of allylic oxidation sites excluding steroid dienone is 24. The van der Waals surface area contributed by atoms with Gasteiger partial charge < -0.3 is 0 Å². The molecular weight excluding hydrogens is 961 g/mol. The molecule has 10 aliphatic rings. The van der Waals surface area contributed by atoms with Crippen molar-refractivity contribution in [1.82, 2.24) is 0 Å². The van der Waals surface area contributed by atoms with E-state index in [0.717, 1.165) is 140 Å². The first kappa shape index (κ1) is 43.6. The van der Waals surface area contributed by atoms with Crippen molar-refractivity contribution in [2.24, 2.45) is 39.9 Å². The summed E-state index contributed by atoms with van der Waals surface area (Å²) in [5.74, 6) is 0. The zero-order valence-corrected chi connectivity index (χ0v) is 40.6. The van der Waals surface area contributed by atoms with Gasteiger partial charge in [-0.3, -0.25) is 0 Å². The fraction of sp³-hybridized carbons (Fsp3) is 0. The van der Waals surface area contributed by atoms with E-state index in [9.17, 15) is 0 Å². The minimum atomic E-state index is 0.827. The maximum Gasteiger partial charge on any atom is 0.0801 e. The number of halogens is 1. The molecule has 16 bridgehead atoms. The van der Waals surface area contributed by atoms with Gasteiger partial charge in [0.2, 0.25) is 0 Å². The number of fused-ring (bicyclic) bond motifs is 8. The Labute approximate surface area is 430 Å². The van der Waals surface area contributed by atoms with E-state index >= 15 is 0 Å². The normalized spacial score (nSPS) is 19.5. The topological polar surface area (TPSA) is 98.9 Å². The first-order valence-electron chi connectivity index (χ1n) is 23.9. The second-order valence-corrected chi connectivity index (χ2v) is 18.5. The Balaban J connectivity index is 0.000000141. The van der Waals surface area contributed by atoms with Crippen LogP contribution in [-0.2, 0) is 0 Å². The van der Waals surface area contributed by atoms with Gasteiger partial charge in [-0.1, -0.05) is 121 Å². The van der Waals surface area contributed by atoms with Crippen molar-refractivity contribution in [3.63, 3.8) is 0 Å². The smallest absolute Gasteiger partial charge is 0.0801 e. The first-order valence-corrected chi connectivity index (χ1v) is 24.7. The molecule has 0 radical (unpaired) electrons. The minimum absolute atomic E-state index is 0.827. The third-order valence-electron chi connectivity index (χ3n) is 12.9. The van der Waals surface area contributed by atoms with Crippen LogP contribution in [0.2, 0.25) is 0 Å². The zero-order chi connectivity index (χ0) is 48.7. The van der Waals surface area contributed by atoms with E-state index < -0.39 is 0 Å². The van der Waals surface area contributed by atoms with Crippen molar-refractivity contribution >= 4 is 83.9 Å². The average molecular weight is 1000 g/mol. The predicted octanol–water partition coefficient (Wildman–Crippen LogP) is 14.0. The van der Waals surface area contributed by atoms with Gasteiger partial charge in [0.05, 0.1) is 95.8 Å². The number of hydrogen-bond acceptors (Lipinski definition) is 8. The Morgan fingerprint density at radius 2 is 0.507 bits per heavy atom. The highest BCUT2D eigenvalue weighted by atomic mass is 79.9. The summed E-state index contributed by atoms with van der Waals surface area (Å²) in [6, 6.07) is 41.1. The number of hydrogen-bond donors (Lipinski definition) is 0. The van der Waals surface area contributed by atoms with Crippen molar-refractivity contribution in [1.29, 1.82) is 0 Å². The molecule has 10 aliphatic heterocycles. The summed E-state index contributed by atoms with van der Waals surface area (Å²) in [7, 11) is 0. The number of aliphatic imine (C=N–C) groups is 8. The molecule has 10 heterocycles. The van der Waals surface area contributed by atoms with Crippen molar-refractivity contribution in [3.8, 4) is 0 Å². The molecule has 0 spiro atoms. The molecule has 0 saturated heterocycles. The van der Waals surface area contributed by atoms with Crippen molar-refractivity contribution in [2.75, 3.05) is 0 Å². The molecule has 0 atom stereocenters. The standard InChI is InChI=1S/C32H19BrN4.C32H20N4/c33-32-28-17-15-26(36-28)30(20-7-3-1-4-8-20)24-13-11-22(34-24)19-23-12-14-25(35-23)31(21-9-5-2-6-10-21)27-16-18-29(32)37-27;1-3-7-21(8-4-1)31-27-15-11-23(33-27)19-25-13-17-29(35-25)32(22-9-5-2-6-10-22)30-18-14-26(36-30)20-24-12-16-28(31)34-24/h1-19H;1-20H. The molecule has 0 fully saturated rings. The van der Waals surface area contributed by atoms with Gasteiger partial charge in [0, 0.05) is 22.3 Å². The lowest BCUT2D eigenvalue weighted by Gasteiger charge is -2.09. The summed E-state index contributed by atoms with van der Waals surface area (Å²) >= 11 is 3.79. The summed E-state index contributed by atoms with van der Waals surface area (Å²) in [6.45, 7) is 0. The van der Waals surface area contributed by atoms with Gasteiger partial charge >= 0.3 is 0 Å². The molecule has 73 heavy (non-hydrogen) atoms. The third-order valence-corrected chi connectivity index (χ3v) is 13.7. The van der Waals surface area contributed by atoms with Crippen molar-refractivity contribution < 1.29 is 0 Å². The van der Waals surface area contributed by atoms with Gasteiger partial charge in [0.15, 0.2) is 0 Å². The second kappa shape index (κ2) is 18.7. The second-order valence-electron chi connectivity index (χ2n) is 17.7. The lowest BCUT2D eigenvalue weighted by atomic mass is 9.99. The summed E-state index contributed by atoms with van der Waals surface area (Å²) in [5, 5.41) is 0. The van der Waals surface area contributed by atoms with Crippen LogP contribution in [0.15, 0.2) is 327 Å². The lowest BCUT2D eigenvalue weighted by molar-refractivity contribution is 1.41. The van der Waals surface area contributed by atoms with Crippen LogP contribution in [0.25, 0.3) is 22.3 Å². The molecule has 0 aromatic heterocycles. The minimum Gasteiger partial charge on any atom is -0.248 e. The van der Waals surface area contributed by atoms with Gasteiger partial charge in [-0.2, -0.15) is 0 Å². The molecule has 0 amide bonds. The fourth-order valence-electron chi connectivity index (χ4n) is 9.55. The maximum absolute atomic E-state index is 5.00. The SMILES string of the molecule is BrC1=C2C=CC(=N2)C(c2ccccc2)=C2C=CC(=N2)C=C2C=CC(=N2)C(c2ccccc2)=C2C=CC1=N2.C1=CC2=NC1=CC1=NC(=C(c3ccccc3)C3=NC(=CC4=NC(=C2c2ccccc2)C=C4)C=C3)C=C1. The van der Waals surface area contributed by atoms with E-state index in [0.29, 0.717) is 0 Å². The largest absolute Gasteiger partial charge is 0.248 e. The Morgan fingerprint density at radius 3 is 0.877 bits per heavy atom. The molecule has 14 rings (SSSR count). The third kappa shape index (κ3) is 8.68. The molecule has 0 saturated carbocycles. The lowest BCUT2D eigenvalue weighted by Crippen LogP contribution is -2.01. The van der Waals surface area contributed by atoms with Crippen LogP contribution in [0.3, 0.4) is 0 Å². The molecular formula is C64H39BrN8. The van der Waals surface area contributed by atoms with E-state index in [2.05, 4.69) is 101 Å². The highest BCUT2D eigenvalue weighted by Crippen LogP contribution is 2.36. The Hall–Kier alpha value is -9.44. The van der Waals surface area contributed by atoms with Gasteiger partial charge in [0.25, 0.3) is 0 Å². The van der Waals surface area contributed by atoms with Crippen LogP contribution in [-0.4, -0.2) is 45.7 Å². The summed E-state index contributed by atoms with van der Waals surface area (Å²) in [6.07, 6.45) is 38.7. The Morgan fingerprint density at radius 1 is 0.233 bits per heavy atom. The van der Waals surface area contributed by atoms with Crippen LogP contribution in [0.5, 0.6) is 0 Å². The summed E-state index contributed by atoms with van der Waals surface area (Å²) in [4.78, 5) is 39.7. The van der Waals surface area contributed by atoms with Crippen LogP contribution < -0.4 is 0 Å². The molecule has 342 valence electrons. The number of nitrogens with zero attached hydrogens (tertiary/aromatic N) is 8. The molecule has 8 nitrogen and oxygen atoms in total. The summed E-state index contributed by atoms with van der Waals surface area (Å²) < 4.78 is 0.845. The predicted molar refractivity (Wildman–Crippen MR) is 306 cm³/mol. The quantitative estimate of drug-likeness (QED) is 0.195. The van der Waals surface area contributed by atoms with Crippen molar-refractivity contribution in [2.45, 2.75) is 0 Å². The molecule has 4 aromatic rings. The van der Waals surface area contributed by atoms with Gasteiger partial charge in [-0.25, -0.2) is 39.9 Å². The molecule has 0 unspecified atom stereocenters. The van der Waals surface area contributed by atoms with Gasteiger partial charge in [-0.05, 0) is 154 Å². The van der Waals surface area contributed by atoms with E-state index in [1.54, 1.807) is 0 Å². The number of benzene rings is 4. The highest BCUT2D eigenvalue weighted by Gasteiger charge is 2.25. The maximum atomic E-state index is 5.00. The monoisotopic (exact) mass is 998 g/mol. The molecule has 4 aromatic carbocycles. The first-order chi connectivity index (χ1) is 36.0. The van der Waals surface area contributed by atoms with Gasteiger partial charge in [0.1, 0.15) is 0 Å². The van der Waals surface area contributed by atoms with E-state index in [1.165, 1.54) is 0 Å². The Bertz CT molecular complexity index is 3760. The number of rotatable bonds is 4. The average Bonchev–Trinajstić information content (AvgIpc) is 4.28. The Kier molecular flexibility index (Phi) is 11.2. The van der Waals surface area contributed by atoms with E-state index in [-0.39, 0.29) is 0 Å². The highest BCUT2D eigenvalue weighted by molar-refractivity contribution is 9.12. The van der Waals surface area contributed by atoms with Gasteiger partial charge in [-0.15, -0.1) is 0 Å². The van der Waals surface area contributed by atoms with E-state index in [1.807, 2.05) is 152 Å². The zero-order valence-electron chi connectivity index (χ0n) is 39.0. The molecule has 9 heteroatoms. The summed E-state index contributed by atoms with van der Waals surface area (Å²) in [5.41, 5.74) is 22.2. The van der Waals surface area contributed by atoms with Crippen LogP contribution >= 0.6 is 15.9 Å². The molecule has 0 aliphatic carbocycles. The van der Waals surface area contributed by atoms with Crippen molar-refractivity contribution in [3.05, 3.63) is 309 Å². The fourth-order valence-corrected chi connectivity index (χ4v) is 9.99. The molecule has 0 N–H and O–H groups in total. The van der Waals surface area contributed by atoms with E-state index in [4.69, 9.17) is 39.9 Å². The van der Waals surface area contributed by atoms with Crippen LogP contribution in [0.4, 0.5) is 0 Å². The van der Waals surface area contributed by atoms with Crippen LogP contribution in [0.1, 0.15) is 22.3 Å².